The number of carbonyl (C=O) groups excluding carboxylic acids is 3. The molecule has 0 radical (unpaired) electrons. The summed E-state index contributed by atoms with van der Waals surface area (Å²) in [4.78, 5) is 64.2. The summed E-state index contributed by atoms with van der Waals surface area (Å²) < 4.78 is 28.0. The van der Waals surface area contributed by atoms with E-state index in [4.69, 9.17) is 10.5 Å². The Balaban J connectivity index is 0.000000220. The van der Waals surface area contributed by atoms with E-state index in [2.05, 4.69) is 37.8 Å². The standard InChI is InChI=1S/C8H5NOS2.C7H4O3S2.C4H8N2O2S2.C4H5NO2S2.C2H2N2S3/c10-8-9-7(11-12-8)6-4-2-1-3-5-6;8-7-5-3-1-2-4-6(5)12(9,10)11-7;1-5-3(7)9-10-4(8)6-2;1-2-7-4-5-3(6)8-9-4;3-1-4-2(5)7-6-1/h1-5H;1-4H;1-2H3,(H,5,7)(H,6,8);2H2,1H3;(H2,3,4,5). The quantitative estimate of drug-likeness (QED) is 0.122. The number of aromatic nitrogens is 3. The maximum atomic E-state index is 11.2. The SMILES string of the molecule is CCOc1nc(=O)ss1.CNC(=O)SSC(=O)NC.Nc1nc(=S)ss1.O=C1SS(=O)(=O)c2ccccc21.O=c1nc(-c2ccccc2)ss1. The molecule has 50 heavy (non-hydrogen) atoms. The molecule has 0 saturated heterocycles. The fraction of sp³-hybridized carbons (Fsp3) is 0.160. The van der Waals surface area contributed by atoms with Crippen LogP contribution in [0.4, 0.5) is 14.7 Å². The first-order valence-electron chi connectivity index (χ1n) is 13.0. The number of hydrogen-bond acceptors (Lipinski definition) is 22. The van der Waals surface area contributed by atoms with Gasteiger partial charge in [-0.3, -0.25) is 24.0 Å². The Bertz CT molecular complexity index is 2090. The molecule has 4 N–H and O–H groups in total. The van der Waals surface area contributed by atoms with Crippen LogP contribution in [-0.2, 0) is 8.87 Å². The van der Waals surface area contributed by atoms with Gasteiger partial charge in [0.15, 0.2) is 9.09 Å². The number of nitrogens with one attached hydrogen (secondary N) is 2. The van der Waals surface area contributed by atoms with E-state index in [1.54, 1.807) is 12.1 Å². The number of amides is 2. The molecule has 0 fully saturated rings. The van der Waals surface area contributed by atoms with Gasteiger partial charge in [-0.05, 0) is 83.0 Å². The smallest absolute Gasteiger partial charge is 0.340 e. The van der Waals surface area contributed by atoms with Crippen molar-refractivity contribution in [2.45, 2.75) is 11.8 Å². The first kappa shape index (κ1) is 43.6. The van der Waals surface area contributed by atoms with E-state index in [0.29, 0.717) is 37.2 Å². The van der Waals surface area contributed by atoms with Crippen molar-refractivity contribution in [3.05, 3.63) is 83.5 Å². The minimum Gasteiger partial charge on any atom is -0.470 e. The third-order valence-corrected chi connectivity index (χ3v) is 15.9. The topological polar surface area (TPSA) is 217 Å². The second-order valence-electron chi connectivity index (χ2n) is 7.90. The summed E-state index contributed by atoms with van der Waals surface area (Å²) in [6.07, 6.45) is 0. The maximum Gasteiger partial charge on any atom is 0.340 e. The van der Waals surface area contributed by atoms with Crippen molar-refractivity contribution in [1.82, 2.24) is 25.6 Å². The van der Waals surface area contributed by atoms with Crippen molar-refractivity contribution in [1.29, 1.82) is 0 Å². The molecule has 1 aliphatic rings. The number of rotatable bonds is 3. The number of ether oxygens (including phenoxy) is 1. The van der Waals surface area contributed by atoms with Gasteiger partial charge in [-0.2, -0.15) is 15.0 Å². The fourth-order valence-corrected chi connectivity index (χ4v) is 11.5. The highest BCUT2D eigenvalue weighted by atomic mass is 33.1. The predicted octanol–water partition coefficient (Wildman–Crippen LogP) is 7.02. The van der Waals surface area contributed by atoms with Gasteiger partial charge in [0.25, 0.3) is 15.7 Å². The van der Waals surface area contributed by atoms with Crippen LogP contribution in [0.3, 0.4) is 0 Å². The summed E-state index contributed by atoms with van der Waals surface area (Å²) in [5.74, 6) is 0. The molecule has 2 aromatic carbocycles. The van der Waals surface area contributed by atoms with E-state index >= 15 is 0 Å². The molecule has 268 valence electrons. The number of nitrogen functional groups attached to an aromatic ring is 1. The van der Waals surface area contributed by atoms with Crippen molar-refractivity contribution in [3.63, 3.8) is 0 Å². The summed E-state index contributed by atoms with van der Waals surface area (Å²) in [6.45, 7) is 2.43. The van der Waals surface area contributed by atoms with Crippen molar-refractivity contribution >= 4 is 136 Å². The van der Waals surface area contributed by atoms with Crippen LogP contribution < -0.4 is 30.9 Å². The molecule has 6 rings (SSSR count). The van der Waals surface area contributed by atoms with Crippen molar-refractivity contribution in [2.24, 2.45) is 0 Å². The summed E-state index contributed by atoms with van der Waals surface area (Å²) >= 11 is 4.67. The predicted molar refractivity (Wildman–Crippen MR) is 214 cm³/mol. The van der Waals surface area contributed by atoms with Crippen molar-refractivity contribution in [3.8, 4) is 15.8 Å². The lowest BCUT2D eigenvalue weighted by molar-refractivity contribution is 0.108. The Hall–Kier alpha value is -2.59. The number of benzene rings is 2. The maximum absolute atomic E-state index is 11.2. The van der Waals surface area contributed by atoms with E-state index in [-0.39, 0.29) is 30.2 Å². The van der Waals surface area contributed by atoms with E-state index in [1.165, 1.54) is 77.9 Å². The zero-order chi connectivity index (χ0) is 37.1. The van der Waals surface area contributed by atoms with Gasteiger partial charge in [0, 0.05) is 46.8 Å². The van der Waals surface area contributed by atoms with Crippen LogP contribution in [0.2, 0.25) is 0 Å². The highest BCUT2D eigenvalue weighted by molar-refractivity contribution is 8.87. The molecular formula is C25H24N6O8S11. The molecule has 5 aromatic rings. The summed E-state index contributed by atoms with van der Waals surface area (Å²) in [6, 6.07) is 15.9. The van der Waals surface area contributed by atoms with Gasteiger partial charge in [0.1, 0.15) is 5.01 Å². The van der Waals surface area contributed by atoms with Crippen LogP contribution in [0.5, 0.6) is 5.19 Å². The lowest BCUT2D eigenvalue weighted by atomic mass is 10.2. The fourth-order valence-electron chi connectivity index (χ4n) is 2.66. The zero-order valence-corrected chi connectivity index (χ0v) is 34.6. The minimum absolute atomic E-state index is 0.112. The molecule has 0 aliphatic carbocycles. The third kappa shape index (κ3) is 16.2. The highest BCUT2D eigenvalue weighted by Gasteiger charge is 2.33. The van der Waals surface area contributed by atoms with E-state index in [0.717, 1.165) is 42.5 Å². The number of nitrogens with two attached hydrogens (primary N) is 1. The van der Waals surface area contributed by atoms with Gasteiger partial charge in [0.05, 0.1) is 22.3 Å². The van der Waals surface area contributed by atoms with Crippen LogP contribution in [0.25, 0.3) is 10.6 Å². The average molecular weight is 889 g/mol. The molecule has 2 amide bonds. The molecule has 3 aromatic heterocycles. The normalized spacial score (nSPS) is 11.7. The van der Waals surface area contributed by atoms with Crippen molar-refractivity contribution in [2.75, 3.05) is 26.4 Å². The van der Waals surface area contributed by atoms with Crippen LogP contribution in [0.15, 0.2) is 69.1 Å². The summed E-state index contributed by atoms with van der Waals surface area (Å²) in [5.41, 5.74) is 6.54. The van der Waals surface area contributed by atoms with Crippen LogP contribution in [0, 0.1) is 3.95 Å². The zero-order valence-electron chi connectivity index (χ0n) is 25.6. The summed E-state index contributed by atoms with van der Waals surface area (Å²) in [7, 11) is 9.54. The van der Waals surface area contributed by atoms with Gasteiger partial charge in [-0.1, -0.05) is 52.8 Å². The molecule has 0 spiro atoms. The van der Waals surface area contributed by atoms with Crippen LogP contribution >= 0.6 is 107 Å². The largest absolute Gasteiger partial charge is 0.470 e. The highest BCUT2D eigenvalue weighted by Crippen LogP contribution is 2.37. The molecule has 0 saturated carbocycles. The molecule has 4 heterocycles. The molecule has 14 nitrogen and oxygen atoms in total. The minimum atomic E-state index is -3.39. The number of anilines is 1. The average Bonchev–Trinajstić information content (AvgIpc) is 3.89. The number of fused-ring (bicyclic) bond motifs is 1. The molecule has 0 atom stereocenters. The first-order chi connectivity index (χ1) is 23.8. The number of hydrogen-bond donors (Lipinski definition) is 3. The molecule has 0 bridgehead atoms. The Morgan fingerprint density at radius 3 is 1.84 bits per heavy atom. The second kappa shape index (κ2) is 23.1. The summed E-state index contributed by atoms with van der Waals surface area (Å²) in [5, 5.41) is 5.75. The third-order valence-electron chi connectivity index (χ3n) is 4.60. The van der Waals surface area contributed by atoms with E-state index < -0.39 is 8.87 Å². The Kier molecular flexibility index (Phi) is 20.1. The van der Waals surface area contributed by atoms with Crippen LogP contribution in [-0.4, -0.2) is 59.7 Å². The monoisotopic (exact) mass is 888 g/mol. The molecule has 0 unspecified atom stereocenters. The Morgan fingerprint density at radius 1 is 0.820 bits per heavy atom. The van der Waals surface area contributed by atoms with Gasteiger partial charge in [0.2, 0.25) is 14.0 Å². The number of carbonyl (C=O) groups is 3. The van der Waals surface area contributed by atoms with Gasteiger partial charge in [-0.15, -0.1) is 0 Å². The van der Waals surface area contributed by atoms with Crippen LogP contribution in [0.1, 0.15) is 17.3 Å². The van der Waals surface area contributed by atoms with Crippen molar-refractivity contribution < 1.29 is 27.5 Å². The first-order valence-corrected chi connectivity index (χ1v) is 24.8. The molecule has 1 aliphatic heterocycles. The van der Waals surface area contributed by atoms with E-state index in [9.17, 15) is 32.4 Å². The Morgan fingerprint density at radius 2 is 1.40 bits per heavy atom. The van der Waals surface area contributed by atoms with Gasteiger partial charge < -0.3 is 21.1 Å². The number of nitrogens with zero attached hydrogens (tertiary/aromatic N) is 3. The molecular weight excluding hydrogens is 865 g/mol. The van der Waals surface area contributed by atoms with E-state index in [1.807, 2.05) is 37.3 Å². The Labute approximate surface area is 323 Å². The van der Waals surface area contributed by atoms with Gasteiger partial charge >= 0.3 is 9.75 Å². The lowest BCUT2D eigenvalue weighted by Crippen LogP contribution is -2.13. The lowest BCUT2D eigenvalue weighted by Gasteiger charge is -1.95. The molecule has 25 heteroatoms. The van der Waals surface area contributed by atoms with Gasteiger partial charge in [-0.25, -0.2) is 8.42 Å². The second-order valence-corrected chi connectivity index (χ2v) is 20.6.